The van der Waals surface area contributed by atoms with E-state index >= 15 is 0 Å². The van der Waals surface area contributed by atoms with Crippen molar-refractivity contribution in [3.63, 3.8) is 0 Å². The molecule has 1 saturated heterocycles. The summed E-state index contributed by atoms with van der Waals surface area (Å²) in [5, 5.41) is 15.0. The Morgan fingerprint density at radius 2 is 1.79 bits per heavy atom. The first-order valence-electron chi connectivity index (χ1n) is 8.08. The molecule has 2 fully saturated rings. The summed E-state index contributed by atoms with van der Waals surface area (Å²) in [5.41, 5.74) is 0.489. The minimum atomic E-state index is -0.792. The summed E-state index contributed by atoms with van der Waals surface area (Å²) in [6, 6.07) is 6.53. The second kappa shape index (κ2) is 6.14. The van der Waals surface area contributed by atoms with Gasteiger partial charge < -0.3 is 20.6 Å². The Bertz CT molecular complexity index is 673. The number of amides is 3. The third-order valence-corrected chi connectivity index (χ3v) is 5.04. The molecule has 24 heavy (non-hydrogen) atoms. The molecule has 1 aromatic carbocycles. The first-order valence-corrected chi connectivity index (χ1v) is 8.08. The molecule has 128 valence electrons. The zero-order chi connectivity index (χ0) is 17.3. The zero-order valence-corrected chi connectivity index (χ0v) is 13.5. The SMILES string of the molecule is CC(=O)Nc1ccc(NC(=O)N2C[C@@H]3CCC[C@@]3(C(=O)O)C2)cc1. The molecule has 0 bridgehead atoms. The molecule has 0 aromatic heterocycles. The molecule has 2 atom stereocenters. The number of urea groups is 1. The van der Waals surface area contributed by atoms with Gasteiger partial charge in [-0.25, -0.2) is 4.79 Å². The van der Waals surface area contributed by atoms with Crippen molar-refractivity contribution in [2.75, 3.05) is 23.7 Å². The van der Waals surface area contributed by atoms with Crippen LogP contribution in [0.1, 0.15) is 26.2 Å². The van der Waals surface area contributed by atoms with Gasteiger partial charge in [0.25, 0.3) is 0 Å². The average Bonchev–Trinajstić information content (AvgIpc) is 3.06. The van der Waals surface area contributed by atoms with E-state index in [1.54, 1.807) is 29.2 Å². The Labute approximate surface area is 140 Å². The van der Waals surface area contributed by atoms with E-state index in [0.717, 1.165) is 12.8 Å². The highest BCUT2D eigenvalue weighted by atomic mass is 16.4. The average molecular weight is 331 g/mol. The highest BCUT2D eigenvalue weighted by Crippen LogP contribution is 2.48. The Morgan fingerprint density at radius 3 is 2.33 bits per heavy atom. The number of nitrogens with one attached hydrogen (secondary N) is 2. The van der Waals surface area contributed by atoms with Crippen LogP contribution in [0.15, 0.2) is 24.3 Å². The van der Waals surface area contributed by atoms with Crippen LogP contribution < -0.4 is 10.6 Å². The molecule has 1 aliphatic carbocycles. The molecule has 0 unspecified atom stereocenters. The summed E-state index contributed by atoms with van der Waals surface area (Å²) < 4.78 is 0. The molecule has 1 aromatic rings. The van der Waals surface area contributed by atoms with Gasteiger partial charge in [0.2, 0.25) is 5.91 Å². The van der Waals surface area contributed by atoms with E-state index in [-0.39, 0.29) is 24.4 Å². The van der Waals surface area contributed by atoms with E-state index < -0.39 is 11.4 Å². The molecule has 3 N–H and O–H groups in total. The van der Waals surface area contributed by atoms with E-state index in [1.807, 2.05) is 0 Å². The fraction of sp³-hybridized carbons (Fsp3) is 0.471. The van der Waals surface area contributed by atoms with Gasteiger partial charge >= 0.3 is 12.0 Å². The van der Waals surface area contributed by atoms with Gasteiger partial charge in [-0.15, -0.1) is 0 Å². The standard InChI is InChI=1S/C17H21N3O4/c1-11(21)18-13-4-6-14(7-5-13)19-16(24)20-9-12-3-2-8-17(12,10-20)15(22)23/h4-7,12H,2-3,8-10H2,1H3,(H,18,21)(H,19,24)(H,22,23)/t12-,17+/m0/s1. The first kappa shape index (κ1) is 16.3. The number of carbonyl (C=O) groups is 3. The van der Waals surface area contributed by atoms with Crippen LogP contribution in [0.3, 0.4) is 0 Å². The van der Waals surface area contributed by atoms with Gasteiger partial charge in [-0.3, -0.25) is 9.59 Å². The van der Waals surface area contributed by atoms with Crippen LogP contribution >= 0.6 is 0 Å². The third kappa shape index (κ3) is 2.93. The Hall–Kier alpha value is -2.57. The number of hydrogen-bond donors (Lipinski definition) is 3. The van der Waals surface area contributed by atoms with Crippen molar-refractivity contribution in [3.05, 3.63) is 24.3 Å². The highest BCUT2D eigenvalue weighted by molar-refractivity contribution is 5.92. The van der Waals surface area contributed by atoms with Crippen LogP contribution in [0.5, 0.6) is 0 Å². The van der Waals surface area contributed by atoms with Gasteiger partial charge in [0, 0.05) is 31.4 Å². The summed E-state index contributed by atoms with van der Waals surface area (Å²) in [7, 11) is 0. The molecule has 1 aliphatic heterocycles. The summed E-state index contributed by atoms with van der Waals surface area (Å²) in [4.78, 5) is 36.7. The highest BCUT2D eigenvalue weighted by Gasteiger charge is 2.55. The first-order chi connectivity index (χ1) is 11.4. The van der Waals surface area contributed by atoms with Gasteiger partial charge in [-0.1, -0.05) is 6.42 Å². The van der Waals surface area contributed by atoms with Gasteiger partial charge in [0.05, 0.1) is 5.41 Å². The van der Waals surface area contributed by atoms with Crippen LogP contribution in [0.25, 0.3) is 0 Å². The number of carboxylic acids is 1. The summed E-state index contributed by atoms with van der Waals surface area (Å²) in [6.07, 6.45) is 2.42. The van der Waals surface area contributed by atoms with Crippen molar-refractivity contribution in [2.45, 2.75) is 26.2 Å². The number of carbonyl (C=O) groups excluding carboxylic acids is 2. The minimum absolute atomic E-state index is 0.0443. The maximum absolute atomic E-state index is 12.4. The van der Waals surface area contributed by atoms with Crippen LogP contribution in [0.2, 0.25) is 0 Å². The van der Waals surface area contributed by atoms with Crippen LogP contribution in [0.4, 0.5) is 16.2 Å². The fourth-order valence-corrected chi connectivity index (χ4v) is 3.84. The maximum atomic E-state index is 12.4. The van der Waals surface area contributed by atoms with Crippen molar-refractivity contribution >= 4 is 29.3 Å². The van der Waals surface area contributed by atoms with Crippen molar-refractivity contribution in [1.29, 1.82) is 0 Å². The largest absolute Gasteiger partial charge is 0.481 e. The predicted octanol–water partition coefficient (Wildman–Crippen LogP) is 2.36. The van der Waals surface area contributed by atoms with Gasteiger partial charge in [0.1, 0.15) is 0 Å². The summed E-state index contributed by atoms with van der Waals surface area (Å²) in [5.74, 6) is -0.905. The molecule has 1 heterocycles. The lowest BCUT2D eigenvalue weighted by atomic mass is 9.81. The van der Waals surface area contributed by atoms with E-state index in [4.69, 9.17) is 0 Å². The number of rotatable bonds is 3. The Kier molecular flexibility index (Phi) is 4.17. The number of aliphatic carboxylic acids is 1. The van der Waals surface area contributed by atoms with E-state index in [1.165, 1.54) is 6.92 Å². The number of anilines is 2. The topological polar surface area (TPSA) is 98.7 Å². The predicted molar refractivity (Wildman–Crippen MR) is 88.7 cm³/mol. The zero-order valence-electron chi connectivity index (χ0n) is 13.5. The molecule has 7 nitrogen and oxygen atoms in total. The van der Waals surface area contributed by atoms with Crippen molar-refractivity contribution in [2.24, 2.45) is 11.3 Å². The molecule has 0 spiro atoms. The summed E-state index contributed by atoms with van der Waals surface area (Å²) in [6.45, 7) is 2.18. The second-order valence-electron chi connectivity index (χ2n) is 6.62. The monoisotopic (exact) mass is 331 g/mol. The fourth-order valence-electron chi connectivity index (χ4n) is 3.84. The minimum Gasteiger partial charge on any atom is -0.481 e. The normalized spacial score (nSPS) is 25.2. The molecule has 3 amide bonds. The van der Waals surface area contributed by atoms with Crippen LogP contribution in [0, 0.1) is 11.3 Å². The molecule has 7 heteroatoms. The lowest BCUT2D eigenvalue weighted by molar-refractivity contribution is -0.149. The van der Waals surface area contributed by atoms with E-state index in [2.05, 4.69) is 10.6 Å². The van der Waals surface area contributed by atoms with Crippen LogP contribution in [-0.4, -0.2) is 41.0 Å². The van der Waals surface area contributed by atoms with Crippen molar-refractivity contribution in [3.8, 4) is 0 Å². The third-order valence-electron chi connectivity index (χ3n) is 5.04. The van der Waals surface area contributed by atoms with Gasteiger partial charge in [-0.05, 0) is 43.0 Å². The molecular weight excluding hydrogens is 310 g/mol. The molecule has 0 radical (unpaired) electrons. The van der Waals surface area contributed by atoms with E-state index in [9.17, 15) is 19.5 Å². The van der Waals surface area contributed by atoms with Crippen LogP contribution in [-0.2, 0) is 9.59 Å². The van der Waals surface area contributed by atoms with E-state index in [0.29, 0.717) is 24.3 Å². The Balaban J connectivity index is 1.64. The maximum Gasteiger partial charge on any atom is 0.321 e. The number of hydrogen-bond acceptors (Lipinski definition) is 3. The van der Waals surface area contributed by atoms with Crippen molar-refractivity contribution < 1.29 is 19.5 Å². The van der Waals surface area contributed by atoms with Crippen molar-refractivity contribution in [1.82, 2.24) is 4.90 Å². The van der Waals surface area contributed by atoms with Gasteiger partial charge in [0.15, 0.2) is 0 Å². The summed E-state index contributed by atoms with van der Waals surface area (Å²) >= 11 is 0. The molecular formula is C17H21N3O4. The number of nitrogens with zero attached hydrogens (tertiary/aromatic N) is 1. The smallest absolute Gasteiger partial charge is 0.321 e. The second-order valence-corrected chi connectivity index (χ2v) is 6.62. The molecule has 3 rings (SSSR count). The lowest BCUT2D eigenvalue weighted by Gasteiger charge is -2.23. The Morgan fingerprint density at radius 1 is 1.17 bits per heavy atom. The molecule has 1 saturated carbocycles. The molecule has 2 aliphatic rings. The number of carboxylic acid groups (broad SMARTS) is 1. The lowest BCUT2D eigenvalue weighted by Crippen LogP contribution is -2.38. The number of fused-ring (bicyclic) bond motifs is 1. The number of benzene rings is 1. The quantitative estimate of drug-likeness (QED) is 0.792. The van der Waals surface area contributed by atoms with Gasteiger partial charge in [-0.2, -0.15) is 0 Å². The number of likely N-dealkylation sites (tertiary alicyclic amines) is 1.